The van der Waals surface area contributed by atoms with Gasteiger partial charge in [-0.3, -0.25) is 4.79 Å². The SMILES string of the molecule is COCC[C@H]1CN(C(=O)c2cccc(OC)c2)Cc2cccn2C1. The highest BCUT2D eigenvalue weighted by Crippen LogP contribution is 2.22. The molecule has 128 valence electrons. The van der Waals surface area contributed by atoms with Gasteiger partial charge in [-0.1, -0.05) is 6.07 Å². The summed E-state index contributed by atoms with van der Waals surface area (Å²) in [6, 6.07) is 11.5. The Balaban J connectivity index is 1.83. The number of hydrogen-bond acceptors (Lipinski definition) is 3. The molecule has 0 saturated heterocycles. The quantitative estimate of drug-likeness (QED) is 0.848. The number of ether oxygens (including phenoxy) is 2. The molecule has 5 nitrogen and oxygen atoms in total. The minimum Gasteiger partial charge on any atom is -0.497 e. The second-order valence-corrected chi connectivity index (χ2v) is 6.22. The fourth-order valence-corrected chi connectivity index (χ4v) is 3.24. The number of benzene rings is 1. The molecule has 3 rings (SSSR count). The van der Waals surface area contributed by atoms with Crippen LogP contribution in [0.3, 0.4) is 0 Å². The number of methoxy groups -OCH3 is 2. The summed E-state index contributed by atoms with van der Waals surface area (Å²) >= 11 is 0. The molecule has 0 unspecified atom stereocenters. The Morgan fingerprint density at radius 1 is 1.21 bits per heavy atom. The van der Waals surface area contributed by atoms with Crippen molar-refractivity contribution in [2.75, 3.05) is 27.4 Å². The first-order valence-electron chi connectivity index (χ1n) is 8.27. The van der Waals surface area contributed by atoms with E-state index in [-0.39, 0.29) is 5.91 Å². The molecular weight excluding hydrogens is 304 g/mol. The summed E-state index contributed by atoms with van der Waals surface area (Å²) in [7, 11) is 3.33. The molecule has 0 bridgehead atoms. The van der Waals surface area contributed by atoms with E-state index in [2.05, 4.69) is 16.8 Å². The van der Waals surface area contributed by atoms with Gasteiger partial charge in [0.15, 0.2) is 0 Å². The number of fused-ring (bicyclic) bond motifs is 1. The van der Waals surface area contributed by atoms with Gasteiger partial charge in [0.25, 0.3) is 5.91 Å². The Kier molecular flexibility index (Phi) is 5.20. The second kappa shape index (κ2) is 7.53. The van der Waals surface area contributed by atoms with Crippen LogP contribution >= 0.6 is 0 Å². The zero-order chi connectivity index (χ0) is 16.9. The van der Waals surface area contributed by atoms with Gasteiger partial charge in [-0.05, 0) is 42.7 Å². The van der Waals surface area contributed by atoms with E-state index in [9.17, 15) is 4.79 Å². The predicted molar refractivity (Wildman–Crippen MR) is 92.1 cm³/mol. The van der Waals surface area contributed by atoms with Crippen LogP contribution in [0, 0.1) is 5.92 Å². The molecule has 2 heterocycles. The number of carbonyl (C=O) groups is 1. The van der Waals surface area contributed by atoms with Crippen LogP contribution in [0.2, 0.25) is 0 Å². The van der Waals surface area contributed by atoms with Gasteiger partial charge in [0.2, 0.25) is 0 Å². The highest BCUT2D eigenvalue weighted by atomic mass is 16.5. The molecule has 0 fully saturated rings. The maximum absolute atomic E-state index is 13.0. The largest absolute Gasteiger partial charge is 0.497 e. The van der Waals surface area contributed by atoms with Gasteiger partial charge in [-0.15, -0.1) is 0 Å². The van der Waals surface area contributed by atoms with Gasteiger partial charge in [0.1, 0.15) is 5.75 Å². The molecule has 1 aromatic carbocycles. The molecule has 1 aliphatic rings. The number of rotatable bonds is 5. The van der Waals surface area contributed by atoms with Crippen molar-refractivity contribution < 1.29 is 14.3 Å². The van der Waals surface area contributed by atoms with Crippen molar-refractivity contribution in [2.24, 2.45) is 5.92 Å². The zero-order valence-corrected chi connectivity index (χ0v) is 14.3. The van der Waals surface area contributed by atoms with E-state index in [0.717, 1.165) is 19.5 Å². The average molecular weight is 328 g/mol. The van der Waals surface area contributed by atoms with Crippen molar-refractivity contribution in [3.8, 4) is 5.75 Å². The molecule has 1 aromatic heterocycles. The van der Waals surface area contributed by atoms with Crippen LogP contribution in [0.15, 0.2) is 42.6 Å². The standard InChI is InChI=1S/C19H24N2O3/c1-23-10-8-15-12-20-9-4-6-17(20)14-21(13-15)19(22)16-5-3-7-18(11-16)24-2/h3-7,9,11,15H,8,10,12-14H2,1-2H3/t15-/m1/s1. The summed E-state index contributed by atoms with van der Waals surface area (Å²) in [5.74, 6) is 1.13. The van der Waals surface area contributed by atoms with E-state index in [4.69, 9.17) is 9.47 Å². The summed E-state index contributed by atoms with van der Waals surface area (Å²) in [5.41, 5.74) is 1.84. The van der Waals surface area contributed by atoms with Gasteiger partial charge >= 0.3 is 0 Å². The van der Waals surface area contributed by atoms with Crippen LogP contribution in [-0.2, 0) is 17.8 Å². The maximum atomic E-state index is 13.0. The smallest absolute Gasteiger partial charge is 0.254 e. The normalized spacial score (nSPS) is 17.2. The Morgan fingerprint density at radius 3 is 2.88 bits per heavy atom. The molecule has 1 aliphatic heterocycles. The monoisotopic (exact) mass is 328 g/mol. The van der Waals surface area contributed by atoms with Crippen LogP contribution in [-0.4, -0.2) is 42.7 Å². The summed E-state index contributed by atoms with van der Waals surface area (Å²) in [5, 5.41) is 0. The van der Waals surface area contributed by atoms with Crippen molar-refractivity contribution in [2.45, 2.75) is 19.5 Å². The highest BCUT2D eigenvalue weighted by Gasteiger charge is 2.25. The van der Waals surface area contributed by atoms with Gasteiger partial charge < -0.3 is 18.9 Å². The minimum absolute atomic E-state index is 0.0472. The minimum atomic E-state index is 0.0472. The third kappa shape index (κ3) is 3.62. The number of hydrogen-bond donors (Lipinski definition) is 0. The Bertz CT molecular complexity index is 695. The van der Waals surface area contributed by atoms with Crippen LogP contribution in [0.5, 0.6) is 5.75 Å². The van der Waals surface area contributed by atoms with Gasteiger partial charge in [0, 0.05) is 44.3 Å². The van der Waals surface area contributed by atoms with E-state index in [1.165, 1.54) is 5.69 Å². The van der Waals surface area contributed by atoms with Crippen LogP contribution in [0.4, 0.5) is 0 Å². The molecule has 24 heavy (non-hydrogen) atoms. The van der Waals surface area contributed by atoms with Crippen LogP contribution in [0.1, 0.15) is 22.5 Å². The van der Waals surface area contributed by atoms with E-state index >= 15 is 0 Å². The molecule has 0 spiro atoms. The summed E-state index contributed by atoms with van der Waals surface area (Å²) in [6.45, 7) is 3.00. The average Bonchev–Trinajstić information content (AvgIpc) is 2.97. The van der Waals surface area contributed by atoms with Crippen molar-refractivity contribution in [3.05, 3.63) is 53.9 Å². The molecule has 5 heteroatoms. The number of aromatic nitrogens is 1. The molecule has 1 atom stereocenters. The highest BCUT2D eigenvalue weighted by molar-refractivity contribution is 5.94. The molecule has 2 aromatic rings. The lowest BCUT2D eigenvalue weighted by molar-refractivity contribution is 0.0705. The molecule has 0 radical (unpaired) electrons. The predicted octanol–water partition coefficient (Wildman–Crippen LogP) is 2.81. The van der Waals surface area contributed by atoms with Crippen molar-refractivity contribution in [3.63, 3.8) is 0 Å². The fraction of sp³-hybridized carbons (Fsp3) is 0.421. The van der Waals surface area contributed by atoms with Crippen LogP contribution in [0.25, 0.3) is 0 Å². The summed E-state index contributed by atoms with van der Waals surface area (Å²) < 4.78 is 12.7. The lowest BCUT2D eigenvalue weighted by atomic mass is 10.0. The molecule has 0 N–H and O–H groups in total. The first-order chi connectivity index (χ1) is 11.7. The lowest BCUT2D eigenvalue weighted by Gasteiger charge is -2.24. The Morgan fingerprint density at radius 2 is 2.08 bits per heavy atom. The summed E-state index contributed by atoms with van der Waals surface area (Å²) in [4.78, 5) is 14.9. The third-order valence-corrected chi connectivity index (χ3v) is 4.54. The van der Waals surface area contributed by atoms with Crippen molar-refractivity contribution in [1.82, 2.24) is 9.47 Å². The molecule has 0 aliphatic carbocycles. The van der Waals surface area contributed by atoms with Crippen molar-refractivity contribution in [1.29, 1.82) is 0 Å². The van der Waals surface area contributed by atoms with Gasteiger partial charge in [-0.25, -0.2) is 0 Å². The summed E-state index contributed by atoms with van der Waals surface area (Å²) in [6.07, 6.45) is 3.03. The van der Waals surface area contributed by atoms with E-state index in [0.29, 0.717) is 30.4 Å². The van der Waals surface area contributed by atoms with Gasteiger partial charge in [-0.2, -0.15) is 0 Å². The number of carbonyl (C=O) groups excluding carboxylic acids is 1. The fourth-order valence-electron chi connectivity index (χ4n) is 3.24. The molecule has 1 amide bonds. The Labute approximate surface area is 142 Å². The number of nitrogens with zero attached hydrogens (tertiary/aromatic N) is 2. The van der Waals surface area contributed by atoms with Crippen LogP contribution < -0.4 is 4.74 Å². The first kappa shape index (κ1) is 16.6. The van der Waals surface area contributed by atoms with E-state index < -0.39 is 0 Å². The van der Waals surface area contributed by atoms with Crippen molar-refractivity contribution >= 4 is 5.91 Å². The van der Waals surface area contributed by atoms with E-state index in [1.54, 1.807) is 20.3 Å². The topological polar surface area (TPSA) is 43.7 Å². The van der Waals surface area contributed by atoms with Gasteiger partial charge in [0.05, 0.1) is 13.7 Å². The first-order valence-corrected chi connectivity index (χ1v) is 8.27. The number of amides is 1. The lowest BCUT2D eigenvalue weighted by Crippen LogP contribution is -2.34. The van der Waals surface area contributed by atoms with E-state index in [1.807, 2.05) is 29.2 Å². The maximum Gasteiger partial charge on any atom is 0.254 e. The molecular formula is C19H24N2O3. The molecule has 0 saturated carbocycles. The third-order valence-electron chi connectivity index (χ3n) is 4.54. The second-order valence-electron chi connectivity index (χ2n) is 6.22. The zero-order valence-electron chi connectivity index (χ0n) is 14.3. The Hall–Kier alpha value is -2.27.